The molecule has 154 valence electrons. The highest BCUT2D eigenvalue weighted by molar-refractivity contribution is 7.14. The van der Waals surface area contributed by atoms with Gasteiger partial charge in [0.05, 0.1) is 16.4 Å². The normalized spacial score (nSPS) is 11.6. The Morgan fingerprint density at radius 3 is 2.73 bits per heavy atom. The van der Waals surface area contributed by atoms with Gasteiger partial charge < -0.3 is 14.5 Å². The lowest BCUT2D eigenvalue weighted by molar-refractivity contribution is 0.103. The molecule has 0 unspecified atom stereocenters. The summed E-state index contributed by atoms with van der Waals surface area (Å²) in [6.07, 6.45) is 3.90. The van der Waals surface area contributed by atoms with Gasteiger partial charge in [0, 0.05) is 29.6 Å². The first kappa shape index (κ1) is 20.1. The number of nitrogens with zero attached hydrogens (tertiary/aromatic N) is 3. The maximum atomic E-state index is 12.8. The molecule has 0 spiro atoms. The Morgan fingerprint density at radius 2 is 2.00 bits per heavy atom. The minimum absolute atomic E-state index is 0.0837. The monoisotopic (exact) mass is 420 g/mol. The molecule has 0 aliphatic rings. The minimum atomic E-state index is -0.155. The van der Waals surface area contributed by atoms with Crippen molar-refractivity contribution in [1.29, 1.82) is 0 Å². The van der Waals surface area contributed by atoms with Crippen molar-refractivity contribution in [3.63, 3.8) is 0 Å². The second kappa shape index (κ2) is 7.91. The molecule has 4 rings (SSSR count). The molecule has 0 saturated carbocycles. The van der Waals surface area contributed by atoms with E-state index >= 15 is 0 Å². The summed E-state index contributed by atoms with van der Waals surface area (Å²) in [5.41, 5.74) is 3.07. The SMILES string of the molecule is Cc1nc(C(C)(C)C)sc1C(=O)Nc1cccc(OCc2cn3ccccc3n2)c1. The molecular weight excluding hydrogens is 396 g/mol. The van der Waals surface area contributed by atoms with E-state index in [-0.39, 0.29) is 11.3 Å². The summed E-state index contributed by atoms with van der Waals surface area (Å²) in [7, 11) is 0. The van der Waals surface area contributed by atoms with Crippen LogP contribution in [0.4, 0.5) is 5.69 Å². The first-order valence-electron chi connectivity index (χ1n) is 9.74. The molecule has 0 aliphatic heterocycles. The fraction of sp³-hybridized carbons (Fsp3) is 0.261. The van der Waals surface area contributed by atoms with Gasteiger partial charge in [-0.25, -0.2) is 9.97 Å². The van der Waals surface area contributed by atoms with Crippen molar-refractivity contribution in [2.24, 2.45) is 0 Å². The summed E-state index contributed by atoms with van der Waals surface area (Å²) >= 11 is 1.44. The van der Waals surface area contributed by atoms with Gasteiger partial charge in [-0.3, -0.25) is 4.79 Å². The average Bonchev–Trinajstić information content (AvgIpc) is 3.29. The zero-order valence-corrected chi connectivity index (χ0v) is 18.3. The standard InChI is InChI=1S/C23H24N4O2S/c1-15-20(30-22(24-15)23(2,3)4)21(28)26-16-8-7-9-18(12-16)29-14-17-13-27-11-6-5-10-19(27)25-17/h5-13H,14H2,1-4H3,(H,26,28). The zero-order valence-electron chi connectivity index (χ0n) is 17.5. The Hall–Kier alpha value is -3.19. The summed E-state index contributed by atoms with van der Waals surface area (Å²) in [5, 5.41) is 3.91. The molecule has 1 N–H and O–H groups in total. The number of fused-ring (bicyclic) bond motifs is 1. The Balaban J connectivity index is 1.44. The fourth-order valence-corrected chi connectivity index (χ4v) is 4.01. The molecule has 0 bridgehead atoms. The zero-order chi connectivity index (χ0) is 21.3. The van der Waals surface area contributed by atoms with Crippen molar-refractivity contribution in [3.05, 3.63) is 76.1 Å². The Kier molecular flexibility index (Phi) is 5.30. The van der Waals surface area contributed by atoms with Crippen LogP contribution >= 0.6 is 11.3 Å². The molecule has 0 radical (unpaired) electrons. The number of anilines is 1. The van der Waals surface area contributed by atoms with Gasteiger partial charge in [0.25, 0.3) is 5.91 Å². The summed E-state index contributed by atoms with van der Waals surface area (Å²) in [6.45, 7) is 8.50. The summed E-state index contributed by atoms with van der Waals surface area (Å²) in [6, 6.07) is 13.2. The highest BCUT2D eigenvalue weighted by atomic mass is 32.1. The molecule has 0 saturated heterocycles. The summed E-state index contributed by atoms with van der Waals surface area (Å²) < 4.78 is 7.84. The molecule has 7 heteroatoms. The number of imidazole rings is 1. The van der Waals surface area contributed by atoms with E-state index in [1.54, 1.807) is 0 Å². The predicted octanol–water partition coefficient (Wildman–Crippen LogP) is 5.23. The van der Waals surface area contributed by atoms with Crippen molar-refractivity contribution >= 4 is 28.6 Å². The first-order chi connectivity index (χ1) is 14.3. The molecule has 30 heavy (non-hydrogen) atoms. The molecular formula is C23H24N4O2S. The van der Waals surface area contributed by atoms with Crippen molar-refractivity contribution in [2.75, 3.05) is 5.32 Å². The molecule has 4 aromatic rings. The van der Waals surface area contributed by atoms with Crippen LogP contribution in [0.15, 0.2) is 54.9 Å². The first-order valence-corrected chi connectivity index (χ1v) is 10.6. The van der Waals surface area contributed by atoms with Crippen LogP contribution in [-0.2, 0) is 12.0 Å². The van der Waals surface area contributed by atoms with Gasteiger partial charge in [0.1, 0.15) is 22.9 Å². The van der Waals surface area contributed by atoms with E-state index in [0.717, 1.165) is 22.0 Å². The van der Waals surface area contributed by atoms with Gasteiger partial charge in [-0.15, -0.1) is 11.3 Å². The quantitative estimate of drug-likeness (QED) is 0.480. The Labute approximate surface area is 179 Å². The third kappa shape index (κ3) is 4.36. The minimum Gasteiger partial charge on any atom is -0.487 e. The smallest absolute Gasteiger partial charge is 0.267 e. The lowest BCUT2D eigenvalue weighted by Crippen LogP contribution is -2.11. The number of hydrogen-bond donors (Lipinski definition) is 1. The maximum absolute atomic E-state index is 12.8. The third-order valence-electron chi connectivity index (χ3n) is 4.54. The van der Waals surface area contributed by atoms with Crippen LogP contribution in [-0.4, -0.2) is 20.3 Å². The van der Waals surface area contributed by atoms with Crippen molar-refractivity contribution in [2.45, 2.75) is 39.7 Å². The molecule has 3 aromatic heterocycles. The van der Waals surface area contributed by atoms with E-state index in [9.17, 15) is 4.79 Å². The number of aromatic nitrogens is 3. The van der Waals surface area contributed by atoms with Gasteiger partial charge in [-0.2, -0.15) is 0 Å². The second-order valence-corrected chi connectivity index (χ2v) is 9.15. The molecule has 0 fully saturated rings. The Bertz CT molecular complexity index is 1170. The van der Waals surface area contributed by atoms with Gasteiger partial charge in [-0.1, -0.05) is 32.9 Å². The third-order valence-corrected chi connectivity index (χ3v) is 6.12. The van der Waals surface area contributed by atoms with E-state index in [0.29, 0.717) is 22.9 Å². The molecule has 1 amide bonds. The van der Waals surface area contributed by atoms with Gasteiger partial charge in [-0.05, 0) is 31.2 Å². The number of hydrogen-bond acceptors (Lipinski definition) is 5. The predicted molar refractivity (Wildman–Crippen MR) is 119 cm³/mol. The van der Waals surface area contributed by atoms with Gasteiger partial charge >= 0.3 is 0 Å². The average molecular weight is 421 g/mol. The molecule has 3 heterocycles. The van der Waals surface area contributed by atoms with Crippen LogP contribution < -0.4 is 10.1 Å². The van der Waals surface area contributed by atoms with E-state index < -0.39 is 0 Å². The summed E-state index contributed by atoms with van der Waals surface area (Å²) in [5.74, 6) is 0.513. The van der Waals surface area contributed by atoms with Crippen LogP contribution in [0.1, 0.15) is 46.8 Å². The van der Waals surface area contributed by atoms with Gasteiger partial charge in [0.2, 0.25) is 0 Å². The number of rotatable bonds is 5. The highest BCUT2D eigenvalue weighted by Crippen LogP contribution is 2.30. The van der Waals surface area contributed by atoms with Crippen LogP contribution in [0.25, 0.3) is 5.65 Å². The van der Waals surface area contributed by atoms with Gasteiger partial charge in [0.15, 0.2) is 0 Å². The topological polar surface area (TPSA) is 68.5 Å². The van der Waals surface area contributed by atoms with E-state index in [2.05, 4.69) is 36.1 Å². The maximum Gasteiger partial charge on any atom is 0.267 e. The molecule has 1 aromatic carbocycles. The molecule has 0 atom stereocenters. The van der Waals surface area contributed by atoms with Crippen LogP contribution in [0, 0.1) is 6.92 Å². The second-order valence-electron chi connectivity index (χ2n) is 8.15. The van der Waals surface area contributed by atoms with Crippen molar-refractivity contribution < 1.29 is 9.53 Å². The highest BCUT2D eigenvalue weighted by Gasteiger charge is 2.23. The van der Waals surface area contributed by atoms with Crippen LogP contribution in [0.5, 0.6) is 5.75 Å². The van der Waals surface area contributed by atoms with Crippen molar-refractivity contribution in [3.8, 4) is 5.75 Å². The number of nitrogens with one attached hydrogen (secondary N) is 1. The van der Waals surface area contributed by atoms with E-state index in [1.807, 2.05) is 66.2 Å². The molecule has 0 aliphatic carbocycles. The van der Waals surface area contributed by atoms with Crippen LogP contribution in [0.3, 0.4) is 0 Å². The lowest BCUT2D eigenvalue weighted by atomic mass is 9.98. The number of carbonyl (C=O) groups excluding carboxylic acids is 1. The van der Waals surface area contributed by atoms with E-state index in [1.165, 1.54) is 11.3 Å². The number of aryl methyl sites for hydroxylation is 1. The Morgan fingerprint density at radius 1 is 1.17 bits per heavy atom. The number of thiazole rings is 1. The van der Waals surface area contributed by atoms with Crippen molar-refractivity contribution in [1.82, 2.24) is 14.4 Å². The number of benzene rings is 1. The lowest BCUT2D eigenvalue weighted by Gasteiger charge is -2.13. The molecule has 6 nitrogen and oxygen atoms in total. The van der Waals surface area contributed by atoms with Crippen LogP contribution in [0.2, 0.25) is 0 Å². The fourth-order valence-electron chi connectivity index (χ4n) is 2.99. The summed E-state index contributed by atoms with van der Waals surface area (Å²) in [4.78, 5) is 22.5. The number of amides is 1. The largest absolute Gasteiger partial charge is 0.487 e. The number of carbonyl (C=O) groups is 1. The number of ether oxygens (including phenoxy) is 1. The number of pyridine rings is 1. The van der Waals surface area contributed by atoms with E-state index in [4.69, 9.17) is 4.74 Å².